The molecule has 0 aromatic heterocycles. The molecule has 1 saturated heterocycles. The summed E-state index contributed by atoms with van der Waals surface area (Å²) in [4.78, 5) is 11.2. The quantitative estimate of drug-likeness (QED) is 0.583. The first kappa shape index (κ1) is 7.58. The van der Waals surface area contributed by atoms with Gasteiger partial charge >= 0.3 is 0 Å². The van der Waals surface area contributed by atoms with E-state index in [-0.39, 0.29) is 11.3 Å². The molecule has 1 atom stereocenters. The van der Waals surface area contributed by atoms with Crippen LogP contribution in [0.25, 0.3) is 0 Å². The van der Waals surface area contributed by atoms with Crippen LogP contribution >= 0.6 is 0 Å². The first-order valence-electron chi connectivity index (χ1n) is 3.85. The minimum atomic E-state index is -0.0972. The van der Waals surface area contributed by atoms with Crippen molar-refractivity contribution in [1.29, 1.82) is 0 Å². The molecule has 58 valence electrons. The first-order chi connectivity index (χ1) is 4.57. The highest BCUT2D eigenvalue weighted by Gasteiger charge is 2.39. The third-order valence-electron chi connectivity index (χ3n) is 2.72. The van der Waals surface area contributed by atoms with Crippen LogP contribution in [0.15, 0.2) is 0 Å². The Morgan fingerprint density at radius 1 is 1.60 bits per heavy atom. The zero-order valence-corrected chi connectivity index (χ0v) is 6.90. The van der Waals surface area contributed by atoms with E-state index >= 15 is 0 Å². The number of hydrogen-bond acceptors (Lipinski definition) is 1. The van der Waals surface area contributed by atoms with Gasteiger partial charge in [-0.25, -0.2) is 0 Å². The topological polar surface area (TPSA) is 29.1 Å². The molecule has 1 N–H and O–H groups in total. The summed E-state index contributed by atoms with van der Waals surface area (Å²) in [6.07, 6.45) is 0.990. The summed E-state index contributed by atoms with van der Waals surface area (Å²) in [5, 5.41) is 2.85. The van der Waals surface area contributed by atoms with E-state index in [0.717, 1.165) is 13.0 Å². The Morgan fingerprint density at radius 3 is 2.40 bits per heavy atom. The van der Waals surface area contributed by atoms with Crippen molar-refractivity contribution in [2.75, 3.05) is 6.54 Å². The summed E-state index contributed by atoms with van der Waals surface area (Å²) >= 11 is 0. The molecule has 0 unspecified atom stereocenters. The Bertz CT molecular complexity index is 153. The molecule has 0 aromatic rings. The summed E-state index contributed by atoms with van der Waals surface area (Å²) in [5.74, 6) is 0.678. The van der Waals surface area contributed by atoms with Gasteiger partial charge in [0, 0.05) is 6.54 Å². The molecular weight excluding hydrogens is 126 g/mol. The lowest BCUT2D eigenvalue weighted by molar-refractivity contribution is -0.128. The van der Waals surface area contributed by atoms with E-state index < -0.39 is 0 Å². The van der Waals surface area contributed by atoms with Gasteiger partial charge in [0.2, 0.25) is 5.91 Å². The highest BCUT2D eigenvalue weighted by Crippen LogP contribution is 2.33. The van der Waals surface area contributed by atoms with Crippen molar-refractivity contribution in [2.45, 2.75) is 27.2 Å². The van der Waals surface area contributed by atoms with E-state index in [2.05, 4.69) is 19.2 Å². The average Bonchev–Trinajstić information content (AvgIpc) is 2.15. The predicted octanol–water partition coefficient (Wildman–Crippen LogP) is 1.17. The number of nitrogens with one attached hydrogen (secondary N) is 1. The maximum absolute atomic E-state index is 11.2. The van der Waals surface area contributed by atoms with Gasteiger partial charge in [-0.15, -0.1) is 0 Å². The Kier molecular flexibility index (Phi) is 1.71. The van der Waals surface area contributed by atoms with Crippen LogP contribution in [0.5, 0.6) is 0 Å². The van der Waals surface area contributed by atoms with Gasteiger partial charge in [-0.1, -0.05) is 20.8 Å². The van der Waals surface area contributed by atoms with Crippen LogP contribution in [0, 0.1) is 11.3 Å². The Hall–Kier alpha value is -0.530. The van der Waals surface area contributed by atoms with Gasteiger partial charge in [0.1, 0.15) is 0 Å². The third kappa shape index (κ3) is 0.917. The lowest BCUT2D eigenvalue weighted by atomic mass is 9.78. The van der Waals surface area contributed by atoms with E-state index in [1.165, 1.54) is 0 Å². The molecular formula is C8H15NO. The maximum atomic E-state index is 11.2. The SMILES string of the molecule is CC(C)[C@]1(C)CCNC1=O. The summed E-state index contributed by atoms with van der Waals surface area (Å²) in [6.45, 7) is 7.10. The van der Waals surface area contributed by atoms with Gasteiger partial charge in [-0.05, 0) is 12.3 Å². The molecule has 2 nitrogen and oxygen atoms in total. The molecule has 0 bridgehead atoms. The van der Waals surface area contributed by atoms with Crippen molar-refractivity contribution >= 4 is 5.91 Å². The zero-order valence-electron chi connectivity index (χ0n) is 6.90. The Balaban J connectivity index is 2.75. The van der Waals surface area contributed by atoms with Crippen LogP contribution in [0.3, 0.4) is 0 Å². The van der Waals surface area contributed by atoms with E-state index in [0.29, 0.717) is 5.92 Å². The molecule has 0 aliphatic carbocycles. The summed E-state index contributed by atoms with van der Waals surface area (Å²) < 4.78 is 0. The van der Waals surface area contributed by atoms with E-state index in [9.17, 15) is 4.79 Å². The number of hydrogen-bond donors (Lipinski definition) is 1. The van der Waals surface area contributed by atoms with Gasteiger partial charge in [0.05, 0.1) is 5.41 Å². The van der Waals surface area contributed by atoms with Gasteiger partial charge in [0.25, 0.3) is 0 Å². The fraction of sp³-hybridized carbons (Fsp3) is 0.875. The molecule has 0 saturated carbocycles. The van der Waals surface area contributed by atoms with E-state index in [4.69, 9.17) is 0 Å². The van der Waals surface area contributed by atoms with Crippen LogP contribution in [0.2, 0.25) is 0 Å². The highest BCUT2D eigenvalue weighted by molar-refractivity contribution is 5.84. The van der Waals surface area contributed by atoms with E-state index in [1.807, 2.05) is 6.92 Å². The fourth-order valence-electron chi connectivity index (χ4n) is 1.30. The fourth-order valence-corrected chi connectivity index (χ4v) is 1.30. The van der Waals surface area contributed by atoms with Crippen LogP contribution < -0.4 is 5.32 Å². The average molecular weight is 141 g/mol. The molecule has 0 spiro atoms. The minimum absolute atomic E-state index is 0.0972. The molecule has 1 amide bonds. The summed E-state index contributed by atoms with van der Waals surface area (Å²) in [7, 11) is 0. The van der Waals surface area contributed by atoms with Gasteiger partial charge in [0.15, 0.2) is 0 Å². The summed E-state index contributed by atoms with van der Waals surface area (Å²) in [6, 6.07) is 0. The lowest BCUT2D eigenvalue weighted by Gasteiger charge is -2.24. The maximum Gasteiger partial charge on any atom is 0.226 e. The first-order valence-corrected chi connectivity index (χ1v) is 3.85. The van der Waals surface area contributed by atoms with Gasteiger partial charge in [-0.3, -0.25) is 4.79 Å². The molecule has 1 heterocycles. The minimum Gasteiger partial charge on any atom is -0.356 e. The monoisotopic (exact) mass is 141 g/mol. The largest absolute Gasteiger partial charge is 0.356 e. The molecule has 0 radical (unpaired) electrons. The van der Waals surface area contributed by atoms with Crippen molar-refractivity contribution in [2.24, 2.45) is 11.3 Å². The molecule has 1 rings (SSSR count). The molecule has 1 fully saturated rings. The zero-order chi connectivity index (χ0) is 7.78. The van der Waals surface area contributed by atoms with Crippen LogP contribution in [-0.2, 0) is 4.79 Å². The summed E-state index contributed by atoms with van der Waals surface area (Å²) in [5.41, 5.74) is -0.0972. The van der Waals surface area contributed by atoms with E-state index in [1.54, 1.807) is 0 Å². The number of amides is 1. The molecule has 0 aromatic carbocycles. The van der Waals surface area contributed by atoms with Crippen LogP contribution in [0.1, 0.15) is 27.2 Å². The number of carbonyl (C=O) groups is 1. The normalized spacial score (nSPS) is 33.0. The van der Waals surface area contributed by atoms with Crippen molar-refractivity contribution in [3.05, 3.63) is 0 Å². The predicted molar refractivity (Wildman–Crippen MR) is 40.6 cm³/mol. The van der Waals surface area contributed by atoms with Crippen LogP contribution in [0.4, 0.5) is 0 Å². The highest BCUT2D eigenvalue weighted by atomic mass is 16.2. The van der Waals surface area contributed by atoms with Crippen molar-refractivity contribution in [1.82, 2.24) is 5.32 Å². The number of rotatable bonds is 1. The lowest BCUT2D eigenvalue weighted by Crippen LogP contribution is -2.32. The second kappa shape index (κ2) is 2.26. The third-order valence-corrected chi connectivity index (χ3v) is 2.72. The Morgan fingerprint density at radius 2 is 2.20 bits per heavy atom. The standard InChI is InChI=1S/C8H15NO/c1-6(2)8(3)4-5-9-7(8)10/h6H,4-5H2,1-3H3,(H,9,10)/t8-/m0/s1. The Labute approximate surface area is 62.0 Å². The van der Waals surface area contributed by atoms with Crippen molar-refractivity contribution in [3.8, 4) is 0 Å². The molecule has 2 heteroatoms. The molecule has 1 aliphatic heterocycles. The van der Waals surface area contributed by atoms with Crippen molar-refractivity contribution < 1.29 is 4.79 Å². The van der Waals surface area contributed by atoms with Crippen molar-refractivity contribution in [3.63, 3.8) is 0 Å². The molecule has 10 heavy (non-hydrogen) atoms. The molecule has 1 aliphatic rings. The van der Waals surface area contributed by atoms with Gasteiger partial charge < -0.3 is 5.32 Å². The smallest absolute Gasteiger partial charge is 0.226 e. The second-order valence-electron chi connectivity index (χ2n) is 3.58. The number of carbonyl (C=O) groups excluding carboxylic acids is 1. The second-order valence-corrected chi connectivity index (χ2v) is 3.58. The van der Waals surface area contributed by atoms with Gasteiger partial charge in [-0.2, -0.15) is 0 Å². The van der Waals surface area contributed by atoms with Crippen LogP contribution in [-0.4, -0.2) is 12.5 Å².